The van der Waals surface area contributed by atoms with Crippen LogP contribution in [-0.4, -0.2) is 34.5 Å². The van der Waals surface area contributed by atoms with E-state index < -0.39 is 5.79 Å². The summed E-state index contributed by atoms with van der Waals surface area (Å²) in [6.07, 6.45) is 3.94. The highest BCUT2D eigenvalue weighted by molar-refractivity contribution is 4.94. The third-order valence-electron chi connectivity index (χ3n) is 2.55. The molecule has 1 unspecified atom stereocenters. The summed E-state index contributed by atoms with van der Waals surface area (Å²) < 4.78 is 11.1. The van der Waals surface area contributed by atoms with Gasteiger partial charge in [0.2, 0.25) is 0 Å². The Hall–Kier alpha value is -1.04. The molecule has 0 radical (unpaired) electrons. The molecule has 1 aliphatic heterocycles. The van der Waals surface area contributed by atoms with Crippen LogP contribution in [-0.2, 0) is 15.9 Å². The fourth-order valence-corrected chi connectivity index (χ4v) is 1.70. The summed E-state index contributed by atoms with van der Waals surface area (Å²) in [5.41, 5.74) is 6.05. The second-order valence-corrected chi connectivity index (χ2v) is 4.40. The minimum absolute atomic E-state index is 0.0844. The number of aromatic nitrogens is 2. The molecule has 2 N–H and O–H groups in total. The van der Waals surface area contributed by atoms with Crippen molar-refractivity contribution >= 4 is 0 Å². The van der Waals surface area contributed by atoms with E-state index in [9.17, 15) is 0 Å². The minimum atomic E-state index is -0.528. The molecular weight excluding hydrogens is 206 g/mol. The van der Waals surface area contributed by atoms with Crippen LogP contribution in [0.1, 0.15) is 19.7 Å². The van der Waals surface area contributed by atoms with Crippen molar-refractivity contribution in [1.29, 1.82) is 0 Å². The number of rotatable bonds is 3. The Bertz CT molecular complexity index is 342. The van der Waals surface area contributed by atoms with Crippen molar-refractivity contribution < 1.29 is 9.47 Å². The first kappa shape index (κ1) is 11.4. The van der Waals surface area contributed by atoms with E-state index in [-0.39, 0.29) is 12.1 Å². The van der Waals surface area contributed by atoms with Crippen molar-refractivity contribution in [1.82, 2.24) is 9.97 Å². The first-order chi connectivity index (χ1) is 7.57. The lowest BCUT2D eigenvalue weighted by molar-refractivity contribution is -0.140. The zero-order valence-corrected chi connectivity index (χ0v) is 9.59. The molecule has 1 aliphatic rings. The molecule has 5 heteroatoms. The molecule has 5 nitrogen and oxygen atoms in total. The highest BCUT2D eigenvalue weighted by Crippen LogP contribution is 2.24. The average Bonchev–Trinajstić information content (AvgIpc) is 2.60. The molecule has 0 aromatic carbocycles. The van der Waals surface area contributed by atoms with Crippen LogP contribution >= 0.6 is 0 Å². The summed E-state index contributed by atoms with van der Waals surface area (Å²) in [7, 11) is 0. The maximum Gasteiger partial charge on any atom is 0.163 e. The first-order valence-electron chi connectivity index (χ1n) is 5.40. The van der Waals surface area contributed by atoms with Gasteiger partial charge in [-0.15, -0.1) is 0 Å². The number of nitrogens with two attached hydrogens (primary N) is 1. The van der Waals surface area contributed by atoms with Gasteiger partial charge in [0, 0.05) is 24.9 Å². The Labute approximate surface area is 95.0 Å². The van der Waals surface area contributed by atoms with Crippen LogP contribution in [0.3, 0.4) is 0 Å². The Morgan fingerprint density at radius 2 is 2.19 bits per heavy atom. The van der Waals surface area contributed by atoms with Gasteiger partial charge in [-0.3, -0.25) is 0 Å². The molecule has 1 aromatic heterocycles. The van der Waals surface area contributed by atoms with E-state index in [1.807, 2.05) is 13.8 Å². The average molecular weight is 223 g/mol. The van der Waals surface area contributed by atoms with Crippen molar-refractivity contribution in [2.24, 2.45) is 5.73 Å². The number of hydrogen-bond acceptors (Lipinski definition) is 5. The predicted octanol–water partition coefficient (Wildman–Crippen LogP) is 0.498. The van der Waals surface area contributed by atoms with Gasteiger partial charge in [0.05, 0.1) is 12.7 Å². The molecule has 2 rings (SSSR count). The van der Waals surface area contributed by atoms with Gasteiger partial charge in [0.25, 0.3) is 0 Å². The fourth-order valence-electron chi connectivity index (χ4n) is 1.70. The van der Waals surface area contributed by atoms with E-state index >= 15 is 0 Å². The fraction of sp³-hybridized carbons (Fsp3) is 0.636. The molecule has 1 aromatic rings. The normalized spacial score (nSPS) is 25.6. The second kappa shape index (κ2) is 4.45. The van der Waals surface area contributed by atoms with Crippen LogP contribution in [0.15, 0.2) is 18.5 Å². The highest BCUT2D eigenvalue weighted by atomic mass is 16.7. The third kappa shape index (κ3) is 2.75. The Balaban J connectivity index is 1.92. The summed E-state index contributed by atoms with van der Waals surface area (Å²) in [6.45, 7) is 4.30. The van der Waals surface area contributed by atoms with Gasteiger partial charge in [-0.05, 0) is 19.9 Å². The topological polar surface area (TPSA) is 70.3 Å². The summed E-state index contributed by atoms with van der Waals surface area (Å²) >= 11 is 0. The van der Waals surface area contributed by atoms with Gasteiger partial charge in [0.15, 0.2) is 5.79 Å². The zero-order chi connectivity index (χ0) is 11.6. The molecule has 1 saturated heterocycles. The van der Waals surface area contributed by atoms with Crippen molar-refractivity contribution in [3.05, 3.63) is 24.3 Å². The maximum absolute atomic E-state index is 6.05. The monoisotopic (exact) mass is 223 g/mol. The van der Waals surface area contributed by atoms with E-state index in [4.69, 9.17) is 15.2 Å². The van der Waals surface area contributed by atoms with Crippen LogP contribution in [0.25, 0.3) is 0 Å². The molecule has 0 aliphatic carbocycles. The van der Waals surface area contributed by atoms with E-state index in [1.165, 1.54) is 0 Å². The summed E-state index contributed by atoms with van der Waals surface area (Å²) in [5.74, 6) is 0.211. The highest BCUT2D eigenvalue weighted by Gasteiger charge is 2.36. The number of ether oxygens (including phenoxy) is 2. The number of hydrogen-bond donors (Lipinski definition) is 1. The summed E-state index contributed by atoms with van der Waals surface area (Å²) in [4.78, 5) is 8.28. The molecule has 0 spiro atoms. The SMILES string of the molecule is CC1(C)OC[C@@H](C(N)Cc2ncccn2)O1. The predicted molar refractivity (Wildman–Crippen MR) is 58.6 cm³/mol. The second-order valence-electron chi connectivity index (χ2n) is 4.40. The van der Waals surface area contributed by atoms with Crippen molar-refractivity contribution in [2.45, 2.75) is 38.2 Å². The lowest BCUT2D eigenvalue weighted by Crippen LogP contribution is -2.39. The van der Waals surface area contributed by atoms with Crippen LogP contribution in [0, 0.1) is 0 Å². The Morgan fingerprint density at radius 3 is 2.75 bits per heavy atom. The zero-order valence-electron chi connectivity index (χ0n) is 9.59. The van der Waals surface area contributed by atoms with Gasteiger partial charge in [-0.1, -0.05) is 0 Å². The molecule has 0 saturated carbocycles. The van der Waals surface area contributed by atoms with E-state index in [0.29, 0.717) is 13.0 Å². The van der Waals surface area contributed by atoms with Gasteiger partial charge >= 0.3 is 0 Å². The van der Waals surface area contributed by atoms with Gasteiger partial charge in [0.1, 0.15) is 5.82 Å². The van der Waals surface area contributed by atoms with Crippen molar-refractivity contribution in [3.8, 4) is 0 Å². The smallest absolute Gasteiger partial charge is 0.163 e. The van der Waals surface area contributed by atoms with Crippen molar-refractivity contribution in [2.75, 3.05) is 6.61 Å². The van der Waals surface area contributed by atoms with Crippen molar-refractivity contribution in [3.63, 3.8) is 0 Å². The van der Waals surface area contributed by atoms with Gasteiger partial charge < -0.3 is 15.2 Å². The molecule has 2 heterocycles. The molecular formula is C11H17N3O2. The van der Waals surface area contributed by atoms with Crippen LogP contribution < -0.4 is 5.73 Å². The minimum Gasteiger partial charge on any atom is -0.348 e. The van der Waals surface area contributed by atoms with Crippen LogP contribution in [0.4, 0.5) is 0 Å². The molecule has 1 fully saturated rings. The Kier molecular flexibility index (Phi) is 3.18. The summed E-state index contributed by atoms with van der Waals surface area (Å²) in [5, 5.41) is 0. The third-order valence-corrected chi connectivity index (χ3v) is 2.55. The lowest BCUT2D eigenvalue weighted by Gasteiger charge is -2.20. The molecule has 16 heavy (non-hydrogen) atoms. The quantitative estimate of drug-likeness (QED) is 0.808. The lowest BCUT2D eigenvalue weighted by atomic mass is 10.1. The van der Waals surface area contributed by atoms with Gasteiger partial charge in [-0.2, -0.15) is 0 Å². The Morgan fingerprint density at radius 1 is 1.50 bits per heavy atom. The maximum atomic E-state index is 6.05. The largest absolute Gasteiger partial charge is 0.348 e. The first-order valence-corrected chi connectivity index (χ1v) is 5.40. The van der Waals surface area contributed by atoms with E-state index in [1.54, 1.807) is 18.5 Å². The molecule has 0 amide bonds. The summed E-state index contributed by atoms with van der Waals surface area (Å²) in [6, 6.07) is 1.65. The van der Waals surface area contributed by atoms with Crippen LogP contribution in [0.5, 0.6) is 0 Å². The number of nitrogens with zero attached hydrogens (tertiary/aromatic N) is 2. The van der Waals surface area contributed by atoms with Gasteiger partial charge in [-0.25, -0.2) is 9.97 Å². The molecule has 88 valence electrons. The molecule has 0 bridgehead atoms. The standard InChI is InChI=1S/C11H17N3O2/c1-11(2)15-7-9(16-11)8(12)6-10-13-4-3-5-14-10/h3-5,8-9H,6-7,12H2,1-2H3/t8?,9-/m0/s1. The van der Waals surface area contributed by atoms with Crippen LogP contribution in [0.2, 0.25) is 0 Å². The molecule has 2 atom stereocenters. The van der Waals surface area contributed by atoms with E-state index in [0.717, 1.165) is 5.82 Å². The van der Waals surface area contributed by atoms with E-state index in [2.05, 4.69) is 9.97 Å².